The van der Waals surface area contributed by atoms with E-state index in [0.717, 1.165) is 18.7 Å². The highest BCUT2D eigenvalue weighted by Gasteiger charge is 2.45. The van der Waals surface area contributed by atoms with Crippen LogP contribution in [0.2, 0.25) is 0 Å². The van der Waals surface area contributed by atoms with Gasteiger partial charge < -0.3 is 9.64 Å². The average Bonchev–Trinajstić information content (AvgIpc) is 3.07. The van der Waals surface area contributed by atoms with Crippen LogP contribution >= 0.6 is 23.5 Å². The van der Waals surface area contributed by atoms with Crippen LogP contribution in [0.25, 0.3) is 0 Å². The van der Waals surface area contributed by atoms with E-state index >= 15 is 0 Å². The van der Waals surface area contributed by atoms with E-state index in [0.29, 0.717) is 41.9 Å². The normalized spacial score (nSPS) is 19.3. The van der Waals surface area contributed by atoms with Crippen molar-refractivity contribution in [1.29, 1.82) is 0 Å². The Morgan fingerprint density at radius 3 is 2.81 bits per heavy atom. The molecule has 0 bridgehead atoms. The highest BCUT2D eigenvalue weighted by atomic mass is 32.2. The number of nitrogens with zero attached hydrogens (tertiary/aromatic N) is 6. The molecular formula is C16H24N6O3S2. The zero-order valence-electron chi connectivity index (χ0n) is 15.8. The first-order valence-electron chi connectivity index (χ1n) is 8.95. The monoisotopic (exact) mass is 412 g/mol. The molecule has 3 heterocycles. The van der Waals surface area contributed by atoms with E-state index in [2.05, 4.69) is 34.3 Å². The van der Waals surface area contributed by atoms with Crippen LogP contribution in [0.1, 0.15) is 20.3 Å². The van der Waals surface area contributed by atoms with Gasteiger partial charge in [0.1, 0.15) is 12.3 Å². The van der Waals surface area contributed by atoms with Crippen molar-refractivity contribution in [3.05, 3.63) is 11.3 Å². The lowest BCUT2D eigenvalue weighted by atomic mass is 10.1. The van der Waals surface area contributed by atoms with Crippen LogP contribution in [0, 0.1) is 0 Å². The summed E-state index contributed by atoms with van der Waals surface area (Å²) in [6.45, 7) is 6.98. The first kappa shape index (κ1) is 20.2. The lowest BCUT2D eigenvalue weighted by molar-refractivity contribution is -0.149. The second-order valence-electron chi connectivity index (χ2n) is 6.22. The van der Waals surface area contributed by atoms with Crippen molar-refractivity contribution in [1.82, 2.24) is 30.0 Å². The van der Waals surface area contributed by atoms with Gasteiger partial charge in [-0.05, 0) is 29.1 Å². The van der Waals surface area contributed by atoms with Crippen molar-refractivity contribution < 1.29 is 14.3 Å². The molecule has 2 aliphatic heterocycles. The zero-order valence-corrected chi connectivity index (χ0v) is 17.4. The molecule has 0 aromatic carbocycles. The van der Waals surface area contributed by atoms with Crippen LogP contribution in [-0.4, -0.2) is 85.0 Å². The van der Waals surface area contributed by atoms with Crippen LogP contribution in [-0.2, 0) is 21.4 Å². The molecule has 1 fully saturated rings. The summed E-state index contributed by atoms with van der Waals surface area (Å²) in [4.78, 5) is 28.7. The fourth-order valence-electron chi connectivity index (χ4n) is 2.95. The second kappa shape index (κ2) is 9.07. The van der Waals surface area contributed by atoms with Gasteiger partial charge >= 0.3 is 5.97 Å². The topological polar surface area (TPSA) is 93.5 Å². The molecule has 1 atom stereocenters. The number of carbonyl (C=O) groups is 2. The fourth-order valence-corrected chi connectivity index (χ4v) is 5.20. The van der Waals surface area contributed by atoms with Crippen molar-refractivity contribution >= 4 is 35.4 Å². The molecule has 0 saturated carbocycles. The molecule has 3 rings (SSSR count). The molecule has 27 heavy (non-hydrogen) atoms. The number of aromatic nitrogens is 4. The van der Waals surface area contributed by atoms with Crippen LogP contribution in [0.3, 0.4) is 0 Å². The van der Waals surface area contributed by atoms with E-state index < -0.39 is 5.97 Å². The number of esters is 1. The Kier molecular flexibility index (Phi) is 6.77. The number of aryl methyl sites for hydroxylation is 1. The van der Waals surface area contributed by atoms with Gasteiger partial charge in [-0.1, -0.05) is 25.6 Å². The van der Waals surface area contributed by atoms with E-state index in [-0.39, 0.29) is 11.3 Å². The van der Waals surface area contributed by atoms with Gasteiger partial charge in [0.15, 0.2) is 0 Å². The number of rotatable bonds is 9. The lowest BCUT2D eigenvalue weighted by Gasteiger charge is -2.44. The number of thioether (sulfide) groups is 2. The highest BCUT2D eigenvalue weighted by Crippen LogP contribution is 2.41. The standard InChI is InChI=1S/C16H24N6O3S2/c1-4-21(5-2)6-7-25-15(24)14-11(9-26-13-8-12(23)22(13)14)10-27-16-17-18-19-20(16)3/h13H,4-10H2,1-3H3. The van der Waals surface area contributed by atoms with E-state index in [9.17, 15) is 9.59 Å². The number of hydrogen-bond donors (Lipinski definition) is 0. The molecule has 9 nitrogen and oxygen atoms in total. The number of ether oxygens (including phenoxy) is 1. The molecule has 0 N–H and O–H groups in total. The summed E-state index contributed by atoms with van der Waals surface area (Å²) < 4.78 is 7.10. The summed E-state index contributed by atoms with van der Waals surface area (Å²) in [5.74, 6) is 0.809. The Hall–Kier alpha value is -1.59. The Labute approximate surface area is 166 Å². The minimum Gasteiger partial charge on any atom is -0.460 e. The third-order valence-electron chi connectivity index (χ3n) is 4.62. The number of likely N-dealkylation sites (N-methyl/N-ethyl adjacent to an activating group) is 1. The maximum atomic E-state index is 12.8. The first-order valence-corrected chi connectivity index (χ1v) is 11.0. The fraction of sp³-hybridized carbons (Fsp3) is 0.688. The summed E-state index contributed by atoms with van der Waals surface area (Å²) in [6.07, 6.45) is 0.481. The van der Waals surface area contributed by atoms with Gasteiger partial charge in [0.25, 0.3) is 0 Å². The van der Waals surface area contributed by atoms with Gasteiger partial charge in [-0.15, -0.1) is 16.9 Å². The third kappa shape index (κ3) is 4.46. The predicted molar refractivity (Wildman–Crippen MR) is 103 cm³/mol. The summed E-state index contributed by atoms with van der Waals surface area (Å²) in [5, 5.41) is 12.1. The Morgan fingerprint density at radius 2 is 2.19 bits per heavy atom. The molecule has 1 saturated heterocycles. The van der Waals surface area contributed by atoms with Crippen molar-refractivity contribution in [3.63, 3.8) is 0 Å². The van der Waals surface area contributed by atoms with Crippen molar-refractivity contribution in [2.45, 2.75) is 30.8 Å². The van der Waals surface area contributed by atoms with Crippen LogP contribution in [0.5, 0.6) is 0 Å². The number of fused-ring (bicyclic) bond motifs is 1. The zero-order chi connectivity index (χ0) is 19.4. The number of amides is 1. The summed E-state index contributed by atoms with van der Waals surface area (Å²) in [5.41, 5.74) is 1.31. The molecular weight excluding hydrogens is 388 g/mol. The Balaban J connectivity index is 1.70. The maximum Gasteiger partial charge on any atom is 0.355 e. The number of carbonyl (C=O) groups excluding carboxylic acids is 2. The Bertz CT molecular complexity index is 733. The largest absolute Gasteiger partial charge is 0.460 e. The summed E-state index contributed by atoms with van der Waals surface area (Å²) in [6, 6.07) is 0. The van der Waals surface area contributed by atoms with E-state index in [1.807, 2.05) is 0 Å². The molecule has 2 aliphatic rings. The van der Waals surface area contributed by atoms with Crippen molar-refractivity contribution in [2.24, 2.45) is 7.05 Å². The van der Waals surface area contributed by atoms with Crippen LogP contribution in [0.4, 0.5) is 0 Å². The number of β-lactam (4-membered cyclic amide) rings is 1. The minimum atomic E-state index is -0.410. The lowest BCUT2D eigenvalue weighted by Crippen LogP contribution is -2.54. The van der Waals surface area contributed by atoms with Gasteiger partial charge in [-0.2, -0.15) is 0 Å². The molecule has 0 radical (unpaired) electrons. The van der Waals surface area contributed by atoms with Crippen LogP contribution in [0.15, 0.2) is 16.4 Å². The Morgan fingerprint density at radius 1 is 1.41 bits per heavy atom. The van der Waals surface area contributed by atoms with Gasteiger partial charge in [0, 0.05) is 25.1 Å². The smallest absolute Gasteiger partial charge is 0.355 e. The number of tetrazole rings is 1. The second-order valence-corrected chi connectivity index (χ2v) is 8.33. The van der Waals surface area contributed by atoms with Crippen molar-refractivity contribution in [3.8, 4) is 0 Å². The van der Waals surface area contributed by atoms with Gasteiger partial charge in [-0.25, -0.2) is 9.48 Å². The summed E-state index contributed by atoms with van der Waals surface area (Å²) in [7, 11) is 1.77. The van der Waals surface area contributed by atoms with Gasteiger partial charge in [0.05, 0.1) is 11.8 Å². The first-order chi connectivity index (χ1) is 13.0. The third-order valence-corrected chi connectivity index (χ3v) is 6.99. The van der Waals surface area contributed by atoms with Gasteiger partial charge in [0.2, 0.25) is 11.1 Å². The highest BCUT2D eigenvalue weighted by molar-refractivity contribution is 8.00. The molecule has 0 aliphatic carbocycles. The molecule has 0 spiro atoms. The van der Waals surface area contributed by atoms with E-state index in [1.165, 1.54) is 11.8 Å². The van der Waals surface area contributed by atoms with Crippen molar-refractivity contribution in [2.75, 3.05) is 37.7 Å². The predicted octanol–water partition coefficient (Wildman–Crippen LogP) is 0.746. The molecule has 11 heteroatoms. The van der Waals surface area contributed by atoms with Crippen LogP contribution < -0.4 is 0 Å². The molecule has 1 aromatic heterocycles. The number of hydrogen-bond acceptors (Lipinski definition) is 9. The van der Waals surface area contributed by atoms with Gasteiger partial charge in [-0.3, -0.25) is 9.69 Å². The quantitative estimate of drug-likeness (QED) is 0.331. The summed E-state index contributed by atoms with van der Waals surface area (Å²) >= 11 is 3.13. The SMILES string of the molecule is CCN(CC)CCOC(=O)C1=C(CSc2nnnn2C)CSC2CC(=O)N12. The molecule has 1 amide bonds. The maximum absolute atomic E-state index is 12.8. The molecule has 1 unspecified atom stereocenters. The molecule has 148 valence electrons. The van der Waals surface area contributed by atoms with E-state index in [4.69, 9.17) is 4.74 Å². The van der Waals surface area contributed by atoms with E-state index in [1.54, 1.807) is 28.4 Å². The molecule has 1 aromatic rings. The average molecular weight is 413 g/mol. The minimum absolute atomic E-state index is 0.0225.